The number of carbonyl (C=O) groups excluding carboxylic acids is 2. The summed E-state index contributed by atoms with van der Waals surface area (Å²) in [6, 6.07) is 14.4. The van der Waals surface area contributed by atoms with Gasteiger partial charge in [0.1, 0.15) is 0 Å². The fourth-order valence-corrected chi connectivity index (χ4v) is 3.95. The molecule has 2 aromatic carbocycles. The first kappa shape index (κ1) is 16.8. The van der Waals surface area contributed by atoms with E-state index in [4.69, 9.17) is 0 Å². The maximum atomic E-state index is 13.3. The van der Waals surface area contributed by atoms with Gasteiger partial charge < -0.3 is 0 Å². The Kier molecular flexibility index (Phi) is 3.68. The van der Waals surface area contributed by atoms with Crippen LogP contribution in [0.3, 0.4) is 0 Å². The molecule has 2 atom stereocenters. The molecule has 0 unspecified atom stereocenters. The van der Waals surface area contributed by atoms with E-state index in [1.807, 2.05) is 30.3 Å². The smallest absolute Gasteiger partial charge is 0.278 e. The second-order valence-corrected chi connectivity index (χ2v) is 6.95. The van der Waals surface area contributed by atoms with Crippen LogP contribution in [0, 0.1) is 5.41 Å². The number of hydrogen-bond donors (Lipinski definition) is 0. The number of imide groups is 1. The summed E-state index contributed by atoms with van der Waals surface area (Å²) in [5.41, 5.74) is -0.793. The second-order valence-electron chi connectivity index (χ2n) is 6.95. The average molecular weight is 359 g/mol. The van der Waals surface area contributed by atoms with Gasteiger partial charge in [-0.3, -0.25) is 14.5 Å². The molecule has 1 saturated carbocycles. The Labute approximate surface area is 148 Å². The van der Waals surface area contributed by atoms with Gasteiger partial charge in [-0.25, -0.2) is 0 Å². The molecule has 1 aliphatic carbocycles. The van der Waals surface area contributed by atoms with Gasteiger partial charge in [0.15, 0.2) is 0 Å². The number of rotatable bonds is 3. The number of nitrogens with zero attached hydrogens (tertiary/aromatic N) is 1. The fraction of sp³-hybridized carbons (Fsp3) is 0.300. The summed E-state index contributed by atoms with van der Waals surface area (Å²) in [4.78, 5) is 26.4. The molecule has 4 rings (SSSR count). The van der Waals surface area contributed by atoms with E-state index in [1.165, 1.54) is 17.0 Å². The van der Waals surface area contributed by atoms with E-state index in [2.05, 4.69) is 0 Å². The van der Waals surface area contributed by atoms with E-state index in [0.29, 0.717) is 0 Å². The maximum absolute atomic E-state index is 13.3. The number of amides is 2. The molecule has 1 aliphatic heterocycles. The first-order chi connectivity index (χ1) is 12.3. The molecule has 0 bridgehead atoms. The standard InChI is InChI=1S/C20H16F3NO2/c21-20(22,23)15-9-5-4-8-14(15)16-10-19(16)11-17(25)24(18(19)26)12-13-6-2-1-3-7-13/h1-9,16H,10-12H2/t16-,19-/m0/s1. The molecule has 2 aliphatic rings. The van der Waals surface area contributed by atoms with Gasteiger partial charge in [-0.2, -0.15) is 13.2 Å². The van der Waals surface area contributed by atoms with E-state index >= 15 is 0 Å². The van der Waals surface area contributed by atoms with Gasteiger partial charge in [0.2, 0.25) is 11.8 Å². The van der Waals surface area contributed by atoms with Gasteiger partial charge in [-0.05, 0) is 23.6 Å². The average Bonchev–Trinajstić information content (AvgIpc) is 3.29. The van der Waals surface area contributed by atoms with Crippen molar-refractivity contribution in [3.8, 4) is 0 Å². The highest BCUT2D eigenvalue weighted by molar-refractivity contribution is 6.08. The molecule has 0 radical (unpaired) electrons. The zero-order chi connectivity index (χ0) is 18.5. The minimum Gasteiger partial charge on any atom is -0.278 e. The van der Waals surface area contributed by atoms with Gasteiger partial charge in [0.25, 0.3) is 0 Å². The van der Waals surface area contributed by atoms with Crippen molar-refractivity contribution in [2.24, 2.45) is 5.41 Å². The minimum absolute atomic E-state index is 0.0183. The van der Waals surface area contributed by atoms with Gasteiger partial charge in [-0.1, -0.05) is 48.5 Å². The minimum atomic E-state index is -4.48. The van der Waals surface area contributed by atoms with Crippen LogP contribution >= 0.6 is 0 Å². The summed E-state index contributed by atoms with van der Waals surface area (Å²) >= 11 is 0. The molecule has 2 fully saturated rings. The molecule has 0 N–H and O–H groups in total. The molecule has 0 aromatic heterocycles. The van der Waals surface area contributed by atoms with Crippen LogP contribution in [-0.2, 0) is 22.3 Å². The van der Waals surface area contributed by atoms with Crippen molar-refractivity contribution in [3.63, 3.8) is 0 Å². The SMILES string of the molecule is O=C1C[C@]2(C[C@H]2c2ccccc2C(F)(F)F)C(=O)N1Cc1ccccc1. The lowest BCUT2D eigenvalue weighted by atomic mass is 9.94. The third-order valence-electron chi connectivity index (χ3n) is 5.34. The van der Waals surface area contributed by atoms with Gasteiger partial charge in [0, 0.05) is 12.3 Å². The van der Waals surface area contributed by atoms with E-state index in [-0.39, 0.29) is 36.8 Å². The summed E-state index contributed by atoms with van der Waals surface area (Å²) in [5, 5.41) is 0. The highest BCUT2D eigenvalue weighted by Gasteiger charge is 2.67. The molecule has 1 spiro atoms. The molecular formula is C20H16F3NO2. The number of halogens is 3. The van der Waals surface area contributed by atoms with Crippen LogP contribution in [0.2, 0.25) is 0 Å². The summed E-state index contributed by atoms with van der Waals surface area (Å²) < 4.78 is 39.9. The lowest BCUT2D eigenvalue weighted by Crippen LogP contribution is -2.31. The summed E-state index contributed by atoms with van der Waals surface area (Å²) in [6.45, 7) is 0.161. The summed E-state index contributed by atoms with van der Waals surface area (Å²) in [6.07, 6.45) is -4.21. The van der Waals surface area contributed by atoms with E-state index in [1.54, 1.807) is 6.07 Å². The van der Waals surface area contributed by atoms with Crippen LogP contribution in [0.1, 0.15) is 35.4 Å². The summed E-state index contributed by atoms with van der Waals surface area (Å²) in [7, 11) is 0. The quantitative estimate of drug-likeness (QED) is 0.773. The van der Waals surface area contributed by atoms with E-state index in [9.17, 15) is 22.8 Å². The fourth-order valence-electron chi connectivity index (χ4n) is 3.95. The molecule has 3 nitrogen and oxygen atoms in total. The molecule has 1 saturated heterocycles. The highest BCUT2D eigenvalue weighted by Crippen LogP contribution is 2.66. The number of benzene rings is 2. The van der Waals surface area contributed by atoms with Crippen molar-refractivity contribution >= 4 is 11.8 Å². The third kappa shape index (κ3) is 2.60. The predicted molar refractivity (Wildman–Crippen MR) is 87.9 cm³/mol. The number of likely N-dealkylation sites (tertiary alicyclic amines) is 1. The van der Waals surface area contributed by atoms with Crippen molar-refractivity contribution < 1.29 is 22.8 Å². The molecule has 2 aromatic rings. The third-order valence-corrected chi connectivity index (χ3v) is 5.34. The Bertz CT molecular complexity index is 878. The van der Waals surface area contributed by atoms with Crippen molar-refractivity contribution in [3.05, 3.63) is 71.3 Å². The topological polar surface area (TPSA) is 37.4 Å². The van der Waals surface area contributed by atoms with Crippen molar-refractivity contribution in [2.45, 2.75) is 31.5 Å². The molecule has 6 heteroatoms. The Morgan fingerprint density at radius 2 is 1.65 bits per heavy atom. The monoisotopic (exact) mass is 359 g/mol. The summed E-state index contributed by atoms with van der Waals surface area (Å²) in [5.74, 6) is -1.23. The largest absolute Gasteiger partial charge is 0.416 e. The second kappa shape index (κ2) is 5.69. The molecule has 134 valence electrons. The highest BCUT2D eigenvalue weighted by atomic mass is 19.4. The van der Waals surface area contributed by atoms with Crippen molar-refractivity contribution in [2.75, 3.05) is 0 Å². The zero-order valence-electron chi connectivity index (χ0n) is 13.8. The molecule has 1 heterocycles. The van der Waals surface area contributed by atoms with Crippen LogP contribution in [-0.4, -0.2) is 16.7 Å². The van der Waals surface area contributed by atoms with E-state index in [0.717, 1.165) is 11.6 Å². The van der Waals surface area contributed by atoms with Gasteiger partial charge in [-0.15, -0.1) is 0 Å². The van der Waals surface area contributed by atoms with Crippen LogP contribution in [0.25, 0.3) is 0 Å². The molecular weight excluding hydrogens is 343 g/mol. The lowest BCUT2D eigenvalue weighted by molar-refractivity contribution is -0.141. The Balaban J connectivity index is 1.61. The lowest BCUT2D eigenvalue weighted by Gasteiger charge is -2.16. The molecule has 2 amide bonds. The number of alkyl halides is 3. The first-order valence-electron chi connectivity index (χ1n) is 8.38. The number of carbonyl (C=O) groups is 2. The van der Waals surface area contributed by atoms with E-state index < -0.39 is 23.1 Å². The zero-order valence-corrected chi connectivity index (χ0v) is 13.8. The van der Waals surface area contributed by atoms with Gasteiger partial charge in [0.05, 0.1) is 17.5 Å². The first-order valence-corrected chi connectivity index (χ1v) is 8.38. The maximum Gasteiger partial charge on any atom is 0.416 e. The van der Waals surface area contributed by atoms with Crippen molar-refractivity contribution in [1.29, 1.82) is 0 Å². The predicted octanol–water partition coefficient (Wildman–Crippen LogP) is 4.14. The number of hydrogen-bond acceptors (Lipinski definition) is 2. The Morgan fingerprint density at radius 1 is 1.00 bits per heavy atom. The van der Waals surface area contributed by atoms with Crippen LogP contribution < -0.4 is 0 Å². The van der Waals surface area contributed by atoms with Crippen LogP contribution in [0.4, 0.5) is 13.2 Å². The van der Waals surface area contributed by atoms with Crippen molar-refractivity contribution in [1.82, 2.24) is 4.90 Å². The normalized spacial score (nSPS) is 25.2. The van der Waals surface area contributed by atoms with Crippen LogP contribution in [0.5, 0.6) is 0 Å². The van der Waals surface area contributed by atoms with Crippen LogP contribution in [0.15, 0.2) is 54.6 Å². The van der Waals surface area contributed by atoms with Gasteiger partial charge >= 0.3 is 6.18 Å². The molecule has 26 heavy (non-hydrogen) atoms. The Morgan fingerprint density at radius 3 is 2.35 bits per heavy atom. The Hall–Kier alpha value is -2.63.